The smallest absolute Gasteiger partial charge is 0.127 e. The normalized spacial score (nSPS) is 24.5. The van der Waals surface area contributed by atoms with Crippen LogP contribution in [0.4, 0.5) is 4.39 Å². The Morgan fingerprint density at radius 1 is 1.39 bits per heavy atom. The van der Waals surface area contributed by atoms with E-state index in [1.807, 2.05) is 13.1 Å². The molecular formula is C14H20BrFN2. The first-order chi connectivity index (χ1) is 8.58. The fourth-order valence-corrected chi connectivity index (χ4v) is 3.15. The highest BCUT2D eigenvalue weighted by molar-refractivity contribution is 9.10. The molecule has 1 aliphatic carbocycles. The maximum Gasteiger partial charge on any atom is 0.127 e. The summed E-state index contributed by atoms with van der Waals surface area (Å²) in [7, 11) is 2.04. The Balaban J connectivity index is 2.05. The molecule has 2 N–H and O–H groups in total. The van der Waals surface area contributed by atoms with Gasteiger partial charge in [0.2, 0.25) is 0 Å². The van der Waals surface area contributed by atoms with Gasteiger partial charge < -0.3 is 5.73 Å². The number of nitrogens with two attached hydrogens (primary N) is 1. The van der Waals surface area contributed by atoms with E-state index in [9.17, 15) is 4.39 Å². The molecule has 100 valence electrons. The zero-order chi connectivity index (χ0) is 13.1. The first kappa shape index (κ1) is 14.0. The monoisotopic (exact) mass is 314 g/mol. The van der Waals surface area contributed by atoms with Gasteiger partial charge in [-0.15, -0.1) is 0 Å². The van der Waals surface area contributed by atoms with Gasteiger partial charge in [-0.3, -0.25) is 4.90 Å². The van der Waals surface area contributed by atoms with Crippen LogP contribution in [-0.2, 0) is 6.54 Å². The summed E-state index contributed by atoms with van der Waals surface area (Å²) in [5.41, 5.74) is 6.88. The van der Waals surface area contributed by atoms with Gasteiger partial charge in [0.25, 0.3) is 0 Å². The van der Waals surface area contributed by atoms with E-state index in [0.717, 1.165) is 22.9 Å². The van der Waals surface area contributed by atoms with E-state index in [4.69, 9.17) is 5.73 Å². The van der Waals surface area contributed by atoms with Crippen molar-refractivity contribution >= 4 is 15.9 Å². The molecule has 0 spiro atoms. The molecule has 2 unspecified atom stereocenters. The van der Waals surface area contributed by atoms with Crippen LogP contribution in [0.1, 0.15) is 31.2 Å². The Morgan fingerprint density at radius 3 is 2.83 bits per heavy atom. The summed E-state index contributed by atoms with van der Waals surface area (Å²) >= 11 is 3.38. The Labute approximate surface area is 116 Å². The fraction of sp³-hybridized carbons (Fsp3) is 0.571. The maximum absolute atomic E-state index is 13.7. The van der Waals surface area contributed by atoms with Crippen LogP contribution in [-0.4, -0.2) is 24.0 Å². The van der Waals surface area contributed by atoms with Crippen molar-refractivity contribution in [2.45, 2.75) is 44.3 Å². The molecule has 0 radical (unpaired) electrons. The van der Waals surface area contributed by atoms with Crippen LogP contribution in [0.15, 0.2) is 22.7 Å². The van der Waals surface area contributed by atoms with Crippen LogP contribution in [0.25, 0.3) is 0 Å². The molecule has 1 saturated carbocycles. The topological polar surface area (TPSA) is 29.3 Å². The number of hydrogen-bond donors (Lipinski definition) is 1. The second kappa shape index (κ2) is 6.13. The van der Waals surface area contributed by atoms with Crippen molar-refractivity contribution in [2.24, 2.45) is 5.73 Å². The number of hydrogen-bond acceptors (Lipinski definition) is 2. The van der Waals surface area contributed by atoms with E-state index in [2.05, 4.69) is 20.8 Å². The lowest BCUT2D eigenvalue weighted by atomic mass is 9.90. The van der Waals surface area contributed by atoms with Gasteiger partial charge in [0, 0.05) is 28.7 Å². The van der Waals surface area contributed by atoms with Crippen molar-refractivity contribution in [3.05, 3.63) is 34.1 Å². The van der Waals surface area contributed by atoms with Crippen molar-refractivity contribution in [1.29, 1.82) is 0 Å². The van der Waals surface area contributed by atoms with Crippen LogP contribution in [0.2, 0.25) is 0 Å². The lowest BCUT2D eigenvalue weighted by Gasteiger charge is -2.36. The van der Waals surface area contributed by atoms with E-state index in [1.165, 1.54) is 18.9 Å². The summed E-state index contributed by atoms with van der Waals surface area (Å²) in [6.45, 7) is 0.615. The molecule has 1 aromatic carbocycles. The highest BCUT2D eigenvalue weighted by Crippen LogP contribution is 2.24. The van der Waals surface area contributed by atoms with Gasteiger partial charge in [-0.05, 0) is 38.1 Å². The van der Waals surface area contributed by atoms with E-state index in [-0.39, 0.29) is 11.9 Å². The molecular weight excluding hydrogens is 295 g/mol. The van der Waals surface area contributed by atoms with E-state index < -0.39 is 0 Å². The van der Waals surface area contributed by atoms with Crippen LogP contribution < -0.4 is 5.73 Å². The van der Waals surface area contributed by atoms with E-state index in [1.54, 1.807) is 6.07 Å². The molecule has 0 heterocycles. The lowest BCUT2D eigenvalue weighted by molar-refractivity contribution is 0.161. The van der Waals surface area contributed by atoms with Gasteiger partial charge in [0.15, 0.2) is 0 Å². The molecule has 2 rings (SSSR count). The van der Waals surface area contributed by atoms with Gasteiger partial charge in [0.1, 0.15) is 5.82 Å². The standard InChI is InChI=1S/C14H20BrFN2/c1-18(14-5-3-2-4-13(14)17)9-10-8-11(15)6-7-12(10)16/h6-8,13-14H,2-5,9,17H2,1H3. The first-order valence-corrected chi connectivity index (χ1v) is 7.27. The maximum atomic E-state index is 13.7. The van der Waals surface area contributed by atoms with Gasteiger partial charge in [-0.1, -0.05) is 28.8 Å². The molecule has 1 fully saturated rings. The molecule has 0 aromatic heterocycles. The van der Waals surface area contributed by atoms with Gasteiger partial charge in [-0.25, -0.2) is 4.39 Å². The van der Waals surface area contributed by atoms with Crippen molar-refractivity contribution in [2.75, 3.05) is 7.05 Å². The quantitative estimate of drug-likeness (QED) is 0.927. The Hall–Kier alpha value is -0.450. The number of rotatable bonds is 3. The summed E-state index contributed by atoms with van der Waals surface area (Å²) in [5, 5.41) is 0. The molecule has 0 amide bonds. The average molecular weight is 315 g/mol. The molecule has 2 nitrogen and oxygen atoms in total. The van der Waals surface area contributed by atoms with Crippen molar-refractivity contribution in [3.63, 3.8) is 0 Å². The highest BCUT2D eigenvalue weighted by Gasteiger charge is 2.25. The van der Waals surface area contributed by atoms with Gasteiger partial charge >= 0.3 is 0 Å². The average Bonchev–Trinajstić information content (AvgIpc) is 2.34. The first-order valence-electron chi connectivity index (χ1n) is 6.47. The van der Waals surface area contributed by atoms with Crippen molar-refractivity contribution in [3.8, 4) is 0 Å². The summed E-state index contributed by atoms with van der Waals surface area (Å²) in [6, 6.07) is 5.68. The molecule has 1 aromatic rings. The molecule has 0 saturated heterocycles. The van der Waals surface area contributed by atoms with Crippen molar-refractivity contribution < 1.29 is 4.39 Å². The second-order valence-electron chi connectivity index (χ2n) is 5.17. The minimum absolute atomic E-state index is 0.144. The number of likely N-dealkylation sites (N-methyl/N-ethyl adjacent to an activating group) is 1. The summed E-state index contributed by atoms with van der Waals surface area (Å²) < 4.78 is 14.6. The molecule has 2 atom stereocenters. The Morgan fingerprint density at radius 2 is 2.11 bits per heavy atom. The number of nitrogens with zero attached hydrogens (tertiary/aromatic N) is 1. The number of benzene rings is 1. The molecule has 0 aliphatic heterocycles. The molecule has 0 bridgehead atoms. The Kier molecular flexibility index (Phi) is 4.76. The zero-order valence-electron chi connectivity index (χ0n) is 10.7. The predicted octanol–water partition coefficient (Wildman–Crippen LogP) is 3.29. The summed E-state index contributed by atoms with van der Waals surface area (Å²) in [6.07, 6.45) is 4.64. The third-order valence-corrected chi connectivity index (χ3v) is 4.27. The lowest BCUT2D eigenvalue weighted by Crippen LogP contribution is -2.47. The number of halogens is 2. The summed E-state index contributed by atoms with van der Waals surface area (Å²) in [4.78, 5) is 2.19. The zero-order valence-corrected chi connectivity index (χ0v) is 12.3. The van der Waals surface area contributed by atoms with E-state index >= 15 is 0 Å². The van der Waals surface area contributed by atoms with E-state index in [0.29, 0.717) is 12.6 Å². The summed E-state index contributed by atoms with van der Waals surface area (Å²) in [5.74, 6) is -0.144. The molecule has 18 heavy (non-hydrogen) atoms. The Bertz CT molecular complexity index is 411. The SMILES string of the molecule is CN(Cc1cc(Br)ccc1F)C1CCCCC1N. The predicted molar refractivity (Wildman–Crippen MR) is 75.8 cm³/mol. The minimum Gasteiger partial charge on any atom is -0.326 e. The highest BCUT2D eigenvalue weighted by atomic mass is 79.9. The van der Waals surface area contributed by atoms with Crippen LogP contribution in [0.3, 0.4) is 0 Å². The molecule has 1 aliphatic rings. The van der Waals surface area contributed by atoms with Crippen LogP contribution in [0.5, 0.6) is 0 Å². The fourth-order valence-electron chi connectivity index (χ4n) is 2.74. The van der Waals surface area contributed by atoms with Crippen LogP contribution in [0, 0.1) is 5.82 Å². The van der Waals surface area contributed by atoms with Crippen molar-refractivity contribution in [1.82, 2.24) is 4.90 Å². The molecule has 4 heteroatoms. The van der Waals surface area contributed by atoms with Crippen LogP contribution >= 0.6 is 15.9 Å². The third-order valence-electron chi connectivity index (χ3n) is 3.78. The van der Waals surface area contributed by atoms with Gasteiger partial charge in [-0.2, -0.15) is 0 Å². The largest absolute Gasteiger partial charge is 0.326 e. The van der Waals surface area contributed by atoms with Gasteiger partial charge in [0.05, 0.1) is 0 Å². The third kappa shape index (κ3) is 3.31. The second-order valence-corrected chi connectivity index (χ2v) is 6.08. The minimum atomic E-state index is -0.144.